The Bertz CT molecular complexity index is 756. The molecule has 0 aliphatic carbocycles. The molecule has 0 saturated carbocycles. The lowest BCUT2D eigenvalue weighted by Gasteiger charge is -2.46. The second-order valence-electron chi connectivity index (χ2n) is 9.70. The van der Waals surface area contributed by atoms with Crippen molar-refractivity contribution in [3.05, 3.63) is 35.9 Å². The Morgan fingerprint density at radius 3 is 2.18 bits per heavy atom. The molecule has 3 aliphatic heterocycles. The highest BCUT2D eigenvalue weighted by Gasteiger charge is 2.56. The van der Waals surface area contributed by atoms with Gasteiger partial charge in [0, 0.05) is 5.92 Å². The fraction of sp³-hybridized carbons (Fsp3) is 0.760. The van der Waals surface area contributed by atoms with Crippen molar-refractivity contribution in [1.29, 1.82) is 0 Å². The standard InChI is InChI=1S/C25H38O8/c1-6-16-20(18(26)14(3)23(29-16)28-13-15-11-9-8-10-12-15)31-24-19(27)22-21(17(7-2)30-24)32-25(4,5)33-22/h8-12,14,16-24,26-27H,6-7,13H2,1-5H3/t14?,16?,17-,18+,19?,20+,21-,22?,23+,24-/m0/s1. The van der Waals surface area contributed by atoms with Crippen molar-refractivity contribution in [2.75, 3.05) is 0 Å². The molecule has 8 nitrogen and oxygen atoms in total. The van der Waals surface area contributed by atoms with Crippen LogP contribution in [0.15, 0.2) is 30.3 Å². The monoisotopic (exact) mass is 466 g/mol. The van der Waals surface area contributed by atoms with Crippen LogP contribution < -0.4 is 0 Å². The van der Waals surface area contributed by atoms with Gasteiger partial charge in [-0.15, -0.1) is 0 Å². The van der Waals surface area contributed by atoms with Gasteiger partial charge in [-0.05, 0) is 32.3 Å². The minimum atomic E-state index is -1.05. The molecule has 1 aromatic carbocycles. The smallest absolute Gasteiger partial charge is 0.187 e. The number of benzene rings is 1. The van der Waals surface area contributed by atoms with Crippen LogP contribution >= 0.6 is 0 Å². The van der Waals surface area contributed by atoms with Gasteiger partial charge in [-0.2, -0.15) is 0 Å². The Morgan fingerprint density at radius 1 is 0.879 bits per heavy atom. The van der Waals surface area contributed by atoms with E-state index in [0.29, 0.717) is 19.4 Å². The van der Waals surface area contributed by atoms with Gasteiger partial charge < -0.3 is 38.6 Å². The average Bonchev–Trinajstić information content (AvgIpc) is 3.14. The lowest BCUT2D eigenvalue weighted by molar-refractivity contribution is -0.343. The fourth-order valence-electron chi connectivity index (χ4n) is 4.94. The molecule has 8 heteroatoms. The highest BCUT2D eigenvalue weighted by atomic mass is 16.8. The lowest BCUT2D eigenvalue weighted by atomic mass is 9.90. The van der Waals surface area contributed by atoms with Crippen LogP contribution in [0, 0.1) is 5.92 Å². The molecule has 186 valence electrons. The van der Waals surface area contributed by atoms with E-state index in [9.17, 15) is 10.2 Å². The zero-order chi connectivity index (χ0) is 23.8. The summed E-state index contributed by atoms with van der Waals surface area (Å²) in [5.41, 5.74) is 1.04. The summed E-state index contributed by atoms with van der Waals surface area (Å²) in [4.78, 5) is 0. The first kappa shape index (κ1) is 25.0. The van der Waals surface area contributed by atoms with Gasteiger partial charge in [0.25, 0.3) is 0 Å². The lowest BCUT2D eigenvalue weighted by Crippen LogP contribution is -2.61. The van der Waals surface area contributed by atoms with Gasteiger partial charge in [0.05, 0.1) is 24.9 Å². The number of fused-ring (bicyclic) bond motifs is 1. The average molecular weight is 467 g/mol. The van der Waals surface area contributed by atoms with Crippen LogP contribution in [0.25, 0.3) is 0 Å². The largest absolute Gasteiger partial charge is 0.390 e. The van der Waals surface area contributed by atoms with E-state index >= 15 is 0 Å². The molecular formula is C25H38O8. The van der Waals surface area contributed by atoms with Crippen LogP contribution in [0.5, 0.6) is 0 Å². The Morgan fingerprint density at radius 2 is 1.52 bits per heavy atom. The number of hydrogen-bond donors (Lipinski definition) is 2. The molecular weight excluding hydrogens is 428 g/mol. The summed E-state index contributed by atoms with van der Waals surface area (Å²) in [6.07, 6.45) is -4.45. The Balaban J connectivity index is 1.43. The van der Waals surface area contributed by atoms with Crippen LogP contribution in [0.1, 0.15) is 53.0 Å². The third-order valence-electron chi connectivity index (χ3n) is 6.79. The van der Waals surface area contributed by atoms with Gasteiger partial charge in [-0.1, -0.05) is 51.1 Å². The van der Waals surface area contributed by atoms with Crippen LogP contribution in [-0.4, -0.2) is 71.3 Å². The van der Waals surface area contributed by atoms with Crippen molar-refractivity contribution in [1.82, 2.24) is 0 Å². The molecule has 0 aromatic heterocycles. The Kier molecular flexibility index (Phi) is 7.77. The van der Waals surface area contributed by atoms with Gasteiger partial charge in [-0.25, -0.2) is 0 Å². The number of aliphatic hydroxyl groups excluding tert-OH is 2. The zero-order valence-electron chi connectivity index (χ0n) is 20.1. The minimum absolute atomic E-state index is 0.286. The van der Waals surface area contributed by atoms with Crippen LogP contribution in [0.4, 0.5) is 0 Å². The molecule has 0 radical (unpaired) electrons. The third-order valence-corrected chi connectivity index (χ3v) is 6.79. The van der Waals surface area contributed by atoms with E-state index in [2.05, 4.69) is 0 Å². The maximum atomic E-state index is 11.1. The van der Waals surface area contributed by atoms with Gasteiger partial charge >= 0.3 is 0 Å². The van der Waals surface area contributed by atoms with E-state index in [0.717, 1.165) is 5.56 Å². The van der Waals surface area contributed by atoms with Crippen LogP contribution in [-0.2, 0) is 35.0 Å². The second-order valence-corrected chi connectivity index (χ2v) is 9.70. The van der Waals surface area contributed by atoms with Gasteiger partial charge in [-0.3, -0.25) is 0 Å². The van der Waals surface area contributed by atoms with Gasteiger partial charge in [0.1, 0.15) is 24.4 Å². The third kappa shape index (κ3) is 5.28. The molecule has 3 fully saturated rings. The van der Waals surface area contributed by atoms with E-state index in [1.165, 1.54) is 0 Å². The molecule has 3 heterocycles. The molecule has 10 atom stereocenters. The maximum Gasteiger partial charge on any atom is 0.187 e. The maximum absolute atomic E-state index is 11.1. The van der Waals surface area contributed by atoms with Crippen molar-refractivity contribution < 1.29 is 38.6 Å². The minimum Gasteiger partial charge on any atom is -0.390 e. The number of aliphatic hydroxyl groups is 2. The summed E-state index contributed by atoms with van der Waals surface area (Å²) < 4.78 is 36.4. The quantitative estimate of drug-likeness (QED) is 0.633. The Hall–Kier alpha value is -1.10. The Labute approximate surface area is 196 Å². The van der Waals surface area contributed by atoms with E-state index in [4.69, 9.17) is 28.4 Å². The number of rotatable bonds is 7. The summed E-state index contributed by atoms with van der Waals surface area (Å²) in [6.45, 7) is 9.88. The summed E-state index contributed by atoms with van der Waals surface area (Å²) in [6, 6.07) is 9.85. The number of ether oxygens (including phenoxy) is 6. The van der Waals surface area contributed by atoms with Crippen molar-refractivity contribution >= 4 is 0 Å². The van der Waals surface area contributed by atoms with Crippen LogP contribution in [0.2, 0.25) is 0 Å². The molecule has 0 spiro atoms. The molecule has 3 aliphatic rings. The molecule has 0 bridgehead atoms. The molecule has 3 saturated heterocycles. The highest BCUT2D eigenvalue weighted by molar-refractivity contribution is 5.13. The second kappa shape index (κ2) is 10.3. The van der Waals surface area contributed by atoms with Crippen LogP contribution in [0.3, 0.4) is 0 Å². The predicted octanol–water partition coefficient (Wildman–Crippen LogP) is 2.74. The topological polar surface area (TPSA) is 95.8 Å². The first-order chi connectivity index (χ1) is 15.7. The molecule has 2 N–H and O–H groups in total. The summed E-state index contributed by atoms with van der Waals surface area (Å²) in [5, 5.41) is 22.1. The van der Waals surface area contributed by atoms with Gasteiger partial charge in [0.15, 0.2) is 18.4 Å². The predicted molar refractivity (Wildman–Crippen MR) is 119 cm³/mol. The normalized spacial score (nSPS) is 42.8. The molecule has 1 aromatic rings. The molecule has 4 unspecified atom stereocenters. The summed E-state index contributed by atoms with van der Waals surface area (Å²) in [5.74, 6) is -1.14. The van der Waals surface area contributed by atoms with Crippen molar-refractivity contribution in [2.45, 2.75) is 115 Å². The van der Waals surface area contributed by atoms with Crippen molar-refractivity contribution in [2.24, 2.45) is 5.92 Å². The van der Waals surface area contributed by atoms with Crippen molar-refractivity contribution in [3.8, 4) is 0 Å². The summed E-state index contributed by atoms with van der Waals surface area (Å²) in [7, 11) is 0. The first-order valence-electron chi connectivity index (χ1n) is 12.1. The van der Waals surface area contributed by atoms with Crippen molar-refractivity contribution in [3.63, 3.8) is 0 Å². The zero-order valence-corrected chi connectivity index (χ0v) is 20.1. The van der Waals surface area contributed by atoms with E-state index in [1.54, 1.807) is 0 Å². The molecule has 0 amide bonds. The fourth-order valence-corrected chi connectivity index (χ4v) is 4.94. The number of hydrogen-bond acceptors (Lipinski definition) is 8. The molecule has 4 rings (SSSR count). The first-order valence-corrected chi connectivity index (χ1v) is 12.1. The summed E-state index contributed by atoms with van der Waals surface area (Å²) >= 11 is 0. The van der Waals surface area contributed by atoms with E-state index in [1.807, 2.05) is 65.0 Å². The van der Waals surface area contributed by atoms with E-state index in [-0.39, 0.29) is 18.1 Å². The SMILES string of the molecule is CCC1O[C@@H](OCc2ccccc2)C(C)[C@@H](O)[C@@H]1O[C@@H]1O[C@@H](CC)[C@@H]2OC(C)(C)OC2C1O. The highest BCUT2D eigenvalue weighted by Crippen LogP contribution is 2.40. The molecule has 33 heavy (non-hydrogen) atoms. The van der Waals surface area contributed by atoms with Gasteiger partial charge in [0.2, 0.25) is 0 Å². The van der Waals surface area contributed by atoms with E-state index < -0.39 is 48.9 Å².